The smallest absolute Gasteiger partial charge is 0.219 e. The molecule has 1 amide bonds. The molecule has 0 radical (unpaired) electrons. The van der Waals surface area contributed by atoms with Gasteiger partial charge in [0.1, 0.15) is 0 Å². The molecule has 0 aromatic rings. The number of hydrogen-bond acceptors (Lipinski definition) is 3. The molecule has 2 N–H and O–H groups in total. The lowest BCUT2D eigenvalue weighted by Crippen LogP contribution is -2.43. The molecular weight excluding hydrogens is 260 g/mol. The minimum Gasteiger partial charge on any atom is -0.370 e. The third-order valence-corrected chi connectivity index (χ3v) is 4.75. The topological polar surface area (TPSA) is 61.9 Å². The molecule has 5 nitrogen and oxygen atoms in total. The first-order chi connectivity index (χ1) is 9.16. The van der Waals surface area contributed by atoms with Gasteiger partial charge in [0.2, 0.25) is 5.91 Å². The summed E-state index contributed by atoms with van der Waals surface area (Å²) in [7, 11) is 0. The fourth-order valence-corrected chi connectivity index (χ4v) is 3.52. The van der Waals surface area contributed by atoms with E-state index >= 15 is 0 Å². The highest BCUT2D eigenvalue weighted by molar-refractivity contribution is 7.99. The van der Waals surface area contributed by atoms with Crippen LogP contribution in [0.15, 0.2) is 4.99 Å². The zero-order valence-electron chi connectivity index (χ0n) is 11.7. The van der Waals surface area contributed by atoms with Crippen molar-refractivity contribution >= 4 is 23.6 Å². The molecule has 0 aromatic heterocycles. The molecule has 108 valence electrons. The highest BCUT2D eigenvalue weighted by atomic mass is 32.2. The number of rotatable bonds is 2. The Morgan fingerprint density at radius 2 is 2.05 bits per heavy atom. The van der Waals surface area contributed by atoms with Gasteiger partial charge >= 0.3 is 0 Å². The van der Waals surface area contributed by atoms with Crippen LogP contribution in [0.25, 0.3) is 0 Å². The number of piperidine rings is 1. The largest absolute Gasteiger partial charge is 0.370 e. The van der Waals surface area contributed by atoms with Crippen molar-refractivity contribution in [3.05, 3.63) is 0 Å². The van der Waals surface area contributed by atoms with Gasteiger partial charge in [0.05, 0.1) is 0 Å². The van der Waals surface area contributed by atoms with Crippen molar-refractivity contribution < 1.29 is 4.79 Å². The van der Waals surface area contributed by atoms with Crippen molar-refractivity contribution in [1.82, 2.24) is 9.80 Å². The molecule has 2 fully saturated rings. The van der Waals surface area contributed by atoms with Crippen LogP contribution in [0.5, 0.6) is 0 Å². The van der Waals surface area contributed by atoms with Crippen molar-refractivity contribution in [2.45, 2.75) is 19.8 Å². The van der Waals surface area contributed by atoms with Crippen LogP contribution < -0.4 is 5.73 Å². The molecule has 2 saturated heterocycles. The van der Waals surface area contributed by atoms with E-state index in [0.717, 1.165) is 57.1 Å². The number of carbonyl (C=O) groups is 1. The molecular formula is C13H24N4OS. The lowest BCUT2D eigenvalue weighted by Gasteiger charge is -2.32. The number of hydrogen-bond donors (Lipinski definition) is 1. The standard InChI is InChI=1S/C13H24N4OS/c1-11(18)17-4-2-3-12(10-17)9-15-13(14)16-5-7-19-8-6-16/h12H,2-10H2,1H3,(H2,14,15). The lowest BCUT2D eigenvalue weighted by molar-refractivity contribution is -0.130. The first-order valence-electron chi connectivity index (χ1n) is 7.05. The van der Waals surface area contributed by atoms with Crippen molar-refractivity contribution in [2.75, 3.05) is 44.2 Å². The number of aliphatic imine (C=N–C) groups is 1. The zero-order valence-corrected chi connectivity index (χ0v) is 12.5. The van der Waals surface area contributed by atoms with E-state index in [1.54, 1.807) is 6.92 Å². The predicted molar refractivity (Wildman–Crippen MR) is 80.4 cm³/mol. The SMILES string of the molecule is CC(=O)N1CCCC(CN=C(N)N2CCSCC2)C1. The molecule has 0 saturated carbocycles. The van der Waals surface area contributed by atoms with Gasteiger partial charge < -0.3 is 15.5 Å². The molecule has 0 aliphatic carbocycles. The van der Waals surface area contributed by atoms with Crippen LogP contribution >= 0.6 is 11.8 Å². The summed E-state index contributed by atoms with van der Waals surface area (Å²) in [6.07, 6.45) is 2.23. The van der Waals surface area contributed by atoms with Crippen LogP contribution in [0, 0.1) is 5.92 Å². The van der Waals surface area contributed by atoms with Crippen LogP contribution in [0.1, 0.15) is 19.8 Å². The van der Waals surface area contributed by atoms with E-state index in [1.165, 1.54) is 0 Å². The Labute approximate surface area is 119 Å². The summed E-state index contributed by atoms with van der Waals surface area (Å²) < 4.78 is 0. The maximum atomic E-state index is 11.4. The zero-order chi connectivity index (χ0) is 13.7. The van der Waals surface area contributed by atoms with E-state index in [0.29, 0.717) is 11.9 Å². The van der Waals surface area contributed by atoms with Crippen molar-refractivity contribution in [3.63, 3.8) is 0 Å². The second-order valence-electron chi connectivity index (χ2n) is 5.27. The molecule has 1 atom stereocenters. The number of nitrogens with zero attached hydrogens (tertiary/aromatic N) is 3. The highest BCUT2D eigenvalue weighted by Gasteiger charge is 2.21. The molecule has 6 heteroatoms. The Morgan fingerprint density at radius 1 is 1.32 bits per heavy atom. The lowest BCUT2D eigenvalue weighted by atomic mass is 9.98. The van der Waals surface area contributed by atoms with Crippen molar-refractivity contribution in [3.8, 4) is 0 Å². The summed E-state index contributed by atoms with van der Waals surface area (Å²) in [6.45, 7) is 6.13. The van der Waals surface area contributed by atoms with Gasteiger partial charge in [-0.05, 0) is 18.8 Å². The van der Waals surface area contributed by atoms with Crippen molar-refractivity contribution in [1.29, 1.82) is 0 Å². The van der Waals surface area contributed by atoms with Gasteiger partial charge in [0.25, 0.3) is 0 Å². The predicted octanol–water partition coefficient (Wildman–Crippen LogP) is 0.608. The van der Waals surface area contributed by atoms with Gasteiger partial charge in [-0.3, -0.25) is 9.79 Å². The summed E-state index contributed by atoms with van der Waals surface area (Å²) in [5.74, 6) is 3.60. The monoisotopic (exact) mass is 284 g/mol. The number of carbonyl (C=O) groups excluding carboxylic acids is 1. The molecule has 2 rings (SSSR count). The van der Waals surface area contributed by atoms with E-state index in [1.807, 2.05) is 16.7 Å². The summed E-state index contributed by atoms with van der Waals surface area (Å²) in [5, 5.41) is 0. The van der Waals surface area contributed by atoms with E-state index in [9.17, 15) is 4.79 Å². The van der Waals surface area contributed by atoms with Crippen LogP contribution in [0.2, 0.25) is 0 Å². The first-order valence-corrected chi connectivity index (χ1v) is 8.20. The maximum absolute atomic E-state index is 11.4. The molecule has 0 bridgehead atoms. The summed E-state index contributed by atoms with van der Waals surface area (Å²) in [6, 6.07) is 0. The van der Waals surface area contributed by atoms with E-state index in [2.05, 4.69) is 9.89 Å². The minimum atomic E-state index is 0.176. The summed E-state index contributed by atoms with van der Waals surface area (Å²) >= 11 is 1.97. The van der Waals surface area contributed by atoms with Crippen LogP contribution in [0.4, 0.5) is 0 Å². The third kappa shape index (κ3) is 4.30. The summed E-state index contributed by atoms with van der Waals surface area (Å²) in [5.41, 5.74) is 6.05. The van der Waals surface area contributed by atoms with Gasteiger partial charge in [-0.2, -0.15) is 11.8 Å². The minimum absolute atomic E-state index is 0.176. The third-order valence-electron chi connectivity index (χ3n) is 3.81. The molecule has 1 unspecified atom stereocenters. The van der Waals surface area contributed by atoms with Crippen LogP contribution in [-0.4, -0.2) is 65.9 Å². The first kappa shape index (κ1) is 14.5. The Balaban J connectivity index is 1.81. The Morgan fingerprint density at radius 3 is 2.74 bits per heavy atom. The average molecular weight is 284 g/mol. The number of likely N-dealkylation sites (tertiary alicyclic amines) is 1. The molecule has 0 spiro atoms. The van der Waals surface area contributed by atoms with E-state index in [4.69, 9.17) is 5.73 Å². The highest BCUT2D eigenvalue weighted by Crippen LogP contribution is 2.17. The van der Waals surface area contributed by atoms with Gasteiger partial charge in [-0.1, -0.05) is 0 Å². The average Bonchev–Trinajstić information content (AvgIpc) is 2.46. The van der Waals surface area contributed by atoms with Crippen LogP contribution in [-0.2, 0) is 4.79 Å². The van der Waals surface area contributed by atoms with E-state index < -0.39 is 0 Å². The quantitative estimate of drug-likeness (QED) is 0.596. The summed E-state index contributed by atoms with van der Waals surface area (Å²) in [4.78, 5) is 20.0. The van der Waals surface area contributed by atoms with Gasteiger partial charge in [-0.25, -0.2) is 0 Å². The van der Waals surface area contributed by atoms with Gasteiger partial charge in [0.15, 0.2) is 5.96 Å². The molecule has 2 aliphatic rings. The number of thioether (sulfide) groups is 1. The molecule has 0 aromatic carbocycles. The maximum Gasteiger partial charge on any atom is 0.219 e. The number of amides is 1. The second-order valence-corrected chi connectivity index (χ2v) is 6.50. The fourth-order valence-electron chi connectivity index (χ4n) is 2.62. The Hall–Kier alpha value is -0.910. The Bertz CT molecular complexity index is 342. The Kier molecular flexibility index (Phi) is 5.36. The van der Waals surface area contributed by atoms with Gasteiger partial charge in [0, 0.05) is 51.2 Å². The molecule has 2 aliphatic heterocycles. The number of nitrogens with two attached hydrogens (primary N) is 1. The number of guanidine groups is 1. The molecule has 19 heavy (non-hydrogen) atoms. The molecule has 2 heterocycles. The fraction of sp³-hybridized carbons (Fsp3) is 0.846. The van der Waals surface area contributed by atoms with Crippen molar-refractivity contribution in [2.24, 2.45) is 16.6 Å². The normalized spacial score (nSPS) is 25.5. The van der Waals surface area contributed by atoms with Gasteiger partial charge in [-0.15, -0.1) is 0 Å². The van der Waals surface area contributed by atoms with E-state index in [-0.39, 0.29) is 5.91 Å². The van der Waals surface area contributed by atoms with Crippen LogP contribution in [0.3, 0.4) is 0 Å². The second kappa shape index (κ2) is 7.03.